The van der Waals surface area contributed by atoms with E-state index in [1.54, 1.807) is 17.0 Å². The number of likely N-dealkylation sites (tertiary alicyclic amines) is 2. The van der Waals surface area contributed by atoms with Crippen LogP contribution in [0.2, 0.25) is 0 Å². The third kappa shape index (κ3) is 4.33. The minimum absolute atomic E-state index is 0.00417. The van der Waals surface area contributed by atoms with Crippen molar-refractivity contribution in [1.82, 2.24) is 14.7 Å². The van der Waals surface area contributed by atoms with Gasteiger partial charge in [-0.15, -0.1) is 0 Å². The Kier molecular flexibility index (Phi) is 5.06. The number of rotatable bonds is 5. The first-order chi connectivity index (χ1) is 11.7. The maximum Gasteiger partial charge on any atom is 0.262 e. The molecule has 0 aromatic heterocycles. The number of alkyl halides is 2. The average molecular weight is 355 g/mol. The SMILES string of the molecule is CN(C)C[C@@H]1CC(F)(F)CN1C1CN(C(=O)Cc2ccc(F)cc2)C1. The van der Waals surface area contributed by atoms with Crippen LogP contribution in [0.15, 0.2) is 24.3 Å². The van der Waals surface area contributed by atoms with Crippen LogP contribution in [0.3, 0.4) is 0 Å². The van der Waals surface area contributed by atoms with Crippen molar-refractivity contribution in [3.63, 3.8) is 0 Å². The van der Waals surface area contributed by atoms with Crippen molar-refractivity contribution in [2.45, 2.75) is 30.8 Å². The summed E-state index contributed by atoms with van der Waals surface area (Å²) in [5, 5.41) is 0. The molecule has 0 radical (unpaired) electrons. The number of benzene rings is 1. The van der Waals surface area contributed by atoms with Gasteiger partial charge in [-0.3, -0.25) is 9.69 Å². The lowest BCUT2D eigenvalue weighted by molar-refractivity contribution is -0.138. The van der Waals surface area contributed by atoms with E-state index in [0.717, 1.165) is 5.56 Å². The Balaban J connectivity index is 1.54. The van der Waals surface area contributed by atoms with E-state index in [0.29, 0.717) is 19.6 Å². The van der Waals surface area contributed by atoms with Crippen LogP contribution in [-0.4, -0.2) is 78.9 Å². The second-order valence-corrected chi connectivity index (χ2v) is 7.40. The molecule has 1 aromatic carbocycles. The van der Waals surface area contributed by atoms with Crippen LogP contribution in [0.1, 0.15) is 12.0 Å². The normalized spacial score (nSPS) is 23.9. The molecule has 2 saturated heterocycles. The highest BCUT2D eigenvalue weighted by Crippen LogP contribution is 2.35. The molecule has 2 aliphatic rings. The summed E-state index contributed by atoms with van der Waals surface area (Å²) < 4.78 is 40.5. The van der Waals surface area contributed by atoms with Gasteiger partial charge in [0.2, 0.25) is 5.91 Å². The lowest BCUT2D eigenvalue weighted by Crippen LogP contribution is -2.63. The van der Waals surface area contributed by atoms with Gasteiger partial charge in [0.25, 0.3) is 5.92 Å². The van der Waals surface area contributed by atoms with Crippen molar-refractivity contribution in [2.24, 2.45) is 0 Å². The molecule has 0 N–H and O–H groups in total. The van der Waals surface area contributed by atoms with Gasteiger partial charge >= 0.3 is 0 Å². The zero-order chi connectivity index (χ0) is 18.2. The maximum absolute atomic E-state index is 13.8. The highest BCUT2D eigenvalue weighted by Gasteiger charge is 2.50. The zero-order valence-corrected chi connectivity index (χ0v) is 14.6. The molecule has 25 heavy (non-hydrogen) atoms. The third-order valence-electron chi connectivity index (χ3n) is 4.95. The summed E-state index contributed by atoms with van der Waals surface area (Å²) in [7, 11) is 3.77. The summed E-state index contributed by atoms with van der Waals surface area (Å²) in [5.41, 5.74) is 0.757. The smallest absolute Gasteiger partial charge is 0.262 e. The average Bonchev–Trinajstić information content (AvgIpc) is 2.73. The van der Waals surface area contributed by atoms with Gasteiger partial charge in [0.05, 0.1) is 13.0 Å². The van der Waals surface area contributed by atoms with Gasteiger partial charge in [-0.2, -0.15) is 0 Å². The van der Waals surface area contributed by atoms with Crippen molar-refractivity contribution < 1.29 is 18.0 Å². The quantitative estimate of drug-likeness (QED) is 0.807. The Hall–Kier alpha value is -1.60. The van der Waals surface area contributed by atoms with E-state index in [1.165, 1.54) is 12.1 Å². The predicted molar refractivity (Wildman–Crippen MR) is 89.1 cm³/mol. The van der Waals surface area contributed by atoms with E-state index < -0.39 is 5.92 Å². The Morgan fingerprint density at radius 2 is 1.88 bits per heavy atom. The molecule has 2 aliphatic heterocycles. The summed E-state index contributed by atoms with van der Waals surface area (Å²) in [5.74, 6) is -3.03. The first kappa shape index (κ1) is 18.2. The van der Waals surface area contributed by atoms with E-state index in [-0.39, 0.29) is 43.2 Å². The van der Waals surface area contributed by atoms with Crippen LogP contribution in [0, 0.1) is 5.82 Å². The van der Waals surface area contributed by atoms with E-state index >= 15 is 0 Å². The van der Waals surface area contributed by atoms with Gasteiger partial charge in [-0.1, -0.05) is 12.1 Å². The number of amides is 1. The Morgan fingerprint density at radius 3 is 2.48 bits per heavy atom. The Morgan fingerprint density at radius 1 is 1.24 bits per heavy atom. The van der Waals surface area contributed by atoms with Crippen molar-refractivity contribution in [3.8, 4) is 0 Å². The zero-order valence-electron chi connectivity index (χ0n) is 14.6. The Bertz CT molecular complexity index is 614. The number of carbonyl (C=O) groups excluding carboxylic acids is 1. The summed E-state index contributed by atoms with van der Waals surface area (Å²) in [6, 6.07) is 5.68. The second-order valence-electron chi connectivity index (χ2n) is 7.40. The van der Waals surface area contributed by atoms with Crippen LogP contribution >= 0.6 is 0 Å². The highest BCUT2D eigenvalue weighted by atomic mass is 19.3. The summed E-state index contributed by atoms with van der Waals surface area (Å²) in [4.78, 5) is 17.8. The van der Waals surface area contributed by atoms with E-state index in [1.807, 2.05) is 23.9 Å². The molecule has 0 unspecified atom stereocenters. The molecule has 1 amide bonds. The van der Waals surface area contributed by atoms with Gasteiger partial charge in [-0.25, -0.2) is 13.2 Å². The van der Waals surface area contributed by atoms with Gasteiger partial charge in [0, 0.05) is 38.1 Å². The van der Waals surface area contributed by atoms with Gasteiger partial charge in [-0.05, 0) is 31.8 Å². The molecule has 4 nitrogen and oxygen atoms in total. The van der Waals surface area contributed by atoms with Crippen LogP contribution in [0.25, 0.3) is 0 Å². The van der Waals surface area contributed by atoms with Crippen LogP contribution in [-0.2, 0) is 11.2 Å². The summed E-state index contributed by atoms with van der Waals surface area (Å²) >= 11 is 0. The molecule has 0 aliphatic carbocycles. The second kappa shape index (κ2) is 6.96. The highest BCUT2D eigenvalue weighted by molar-refractivity contribution is 5.79. The number of carbonyl (C=O) groups is 1. The lowest BCUT2D eigenvalue weighted by atomic mass is 10.0. The Labute approximate surface area is 146 Å². The summed E-state index contributed by atoms with van der Waals surface area (Å²) in [6.07, 6.45) is 0.0927. The first-order valence-electron chi connectivity index (χ1n) is 8.54. The minimum atomic E-state index is -2.65. The number of halogens is 3. The van der Waals surface area contributed by atoms with Gasteiger partial charge in [0.15, 0.2) is 0 Å². The van der Waals surface area contributed by atoms with Crippen LogP contribution < -0.4 is 0 Å². The van der Waals surface area contributed by atoms with E-state index in [2.05, 4.69) is 0 Å². The molecule has 0 bridgehead atoms. The van der Waals surface area contributed by atoms with Crippen molar-refractivity contribution in [2.75, 3.05) is 40.3 Å². The minimum Gasteiger partial charge on any atom is -0.339 e. The fourth-order valence-corrected chi connectivity index (χ4v) is 3.70. The molecular formula is C18H24F3N3O. The number of nitrogens with zero attached hydrogens (tertiary/aromatic N) is 3. The molecule has 2 fully saturated rings. The molecule has 1 atom stereocenters. The molecule has 0 spiro atoms. The molecule has 7 heteroatoms. The van der Waals surface area contributed by atoms with E-state index in [9.17, 15) is 18.0 Å². The van der Waals surface area contributed by atoms with Gasteiger partial charge in [0.1, 0.15) is 5.82 Å². The van der Waals surface area contributed by atoms with Crippen molar-refractivity contribution in [1.29, 1.82) is 0 Å². The van der Waals surface area contributed by atoms with Crippen molar-refractivity contribution in [3.05, 3.63) is 35.6 Å². The molecular weight excluding hydrogens is 331 g/mol. The molecule has 2 heterocycles. The largest absolute Gasteiger partial charge is 0.339 e. The number of hydrogen-bond donors (Lipinski definition) is 0. The number of hydrogen-bond acceptors (Lipinski definition) is 3. The molecule has 0 saturated carbocycles. The van der Waals surface area contributed by atoms with Crippen molar-refractivity contribution >= 4 is 5.91 Å². The molecule has 138 valence electrons. The summed E-state index contributed by atoms with van der Waals surface area (Å²) in [6.45, 7) is 1.34. The standard InChI is InChI=1S/C18H24F3N3O/c1-22(2)9-15-8-18(20,21)12-24(15)16-10-23(11-16)17(25)7-13-3-5-14(19)6-4-13/h3-6,15-16H,7-12H2,1-2H3/t15-/m0/s1. The molecule has 3 rings (SSSR count). The number of likely N-dealkylation sites (N-methyl/N-ethyl adjacent to an activating group) is 1. The fraction of sp³-hybridized carbons (Fsp3) is 0.611. The predicted octanol–water partition coefficient (Wildman–Crippen LogP) is 1.85. The topological polar surface area (TPSA) is 26.8 Å². The van der Waals surface area contributed by atoms with Gasteiger partial charge < -0.3 is 9.80 Å². The van der Waals surface area contributed by atoms with Crippen LogP contribution in [0.5, 0.6) is 0 Å². The monoisotopic (exact) mass is 355 g/mol. The maximum atomic E-state index is 13.8. The molecule has 1 aromatic rings. The van der Waals surface area contributed by atoms with Crippen LogP contribution in [0.4, 0.5) is 13.2 Å². The first-order valence-corrected chi connectivity index (χ1v) is 8.54. The fourth-order valence-electron chi connectivity index (χ4n) is 3.70. The van der Waals surface area contributed by atoms with E-state index in [4.69, 9.17) is 0 Å². The lowest BCUT2D eigenvalue weighted by Gasteiger charge is -2.46. The third-order valence-corrected chi connectivity index (χ3v) is 4.95.